The fourth-order valence-corrected chi connectivity index (χ4v) is 2.02. The first-order valence-corrected chi connectivity index (χ1v) is 6.04. The van der Waals surface area contributed by atoms with E-state index in [2.05, 4.69) is 10.4 Å². The van der Waals surface area contributed by atoms with Gasteiger partial charge in [-0.25, -0.2) is 4.98 Å². The minimum Gasteiger partial charge on any atom is -0.497 e. The van der Waals surface area contributed by atoms with Crippen molar-refractivity contribution in [2.45, 2.75) is 12.5 Å². The maximum Gasteiger partial charge on any atom is 0.128 e. The van der Waals surface area contributed by atoms with Gasteiger partial charge < -0.3 is 10.5 Å². The van der Waals surface area contributed by atoms with Gasteiger partial charge in [0.1, 0.15) is 11.6 Å². The molecule has 0 bridgehead atoms. The number of nitrogen functional groups attached to an aromatic ring is 1. The zero-order valence-electron chi connectivity index (χ0n) is 10.8. The summed E-state index contributed by atoms with van der Waals surface area (Å²) in [6.45, 7) is 0. The average molecular weight is 258 g/mol. The summed E-state index contributed by atoms with van der Waals surface area (Å²) < 4.78 is 5.21. The molecule has 1 atom stereocenters. The zero-order chi connectivity index (χ0) is 13.7. The van der Waals surface area contributed by atoms with Crippen LogP contribution in [0.15, 0.2) is 42.6 Å². The molecule has 0 aliphatic rings. The molecular weight excluding hydrogens is 240 g/mol. The van der Waals surface area contributed by atoms with Gasteiger partial charge in [-0.1, -0.05) is 18.2 Å². The summed E-state index contributed by atoms with van der Waals surface area (Å²) in [6.07, 6.45) is 2.38. The molecule has 19 heavy (non-hydrogen) atoms. The van der Waals surface area contributed by atoms with Crippen LogP contribution in [0.25, 0.3) is 0 Å². The Balaban J connectivity index is 2.21. The largest absolute Gasteiger partial charge is 0.497 e. The molecule has 1 heterocycles. The van der Waals surface area contributed by atoms with Crippen molar-refractivity contribution in [3.8, 4) is 5.75 Å². The van der Waals surface area contributed by atoms with Gasteiger partial charge in [-0.15, -0.1) is 0 Å². The van der Waals surface area contributed by atoms with Gasteiger partial charge in [0.15, 0.2) is 0 Å². The van der Waals surface area contributed by atoms with E-state index in [1.54, 1.807) is 13.3 Å². The van der Waals surface area contributed by atoms with E-state index in [0.29, 0.717) is 12.2 Å². The summed E-state index contributed by atoms with van der Waals surface area (Å²) in [4.78, 5) is 4.08. The molecule has 100 valence electrons. The van der Waals surface area contributed by atoms with Crippen molar-refractivity contribution in [3.05, 3.63) is 53.7 Å². The van der Waals surface area contributed by atoms with E-state index in [9.17, 15) is 0 Å². The maximum absolute atomic E-state index is 5.88. The smallest absolute Gasteiger partial charge is 0.128 e. The van der Waals surface area contributed by atoms with Gasteiger partial charge >= 0.3 is 0 Å². The second-order valence-electron chi connectivity index (χ2n) is 4.25. The van der Waals surface area contributed by atoms with Gasteiger partial charge in [0.2, 0.25) is 0 Å². The molecule has 5 N–H and O–H groups in total. The molecule has 0 amide bonds. The molecule has 2 aromatic rings. The third kappa shape index (κ3) is 3.21. The van der Waals surface area contributed by atoms with Crippen LogP contribution >= 0.6 is 0 Å². The summed E-state index contributed by atoms with van der Waals surface area (Å²) >= 11 is 0. The van der Waals surface area contributed by atoms with Crippen molar-refractivity contribution in [2.24, 2.45) is 5.84 Å². The SMILES string of the molecule is COc1cccc(CC(NN)c2cccnc2N)c1. The highest BCUT2D eigenvalue weighted by Gasteiger charge is 2.14. The second kappa shape index (κ2) is 6.17. The fraction of sp³-hybridized carbons (Fsp3) is 0.214. The lowest BCUT2D eigenvalue weighted by molar-refractivity contribution is 0.414. The second-order valence-corrected chi connectivity index (χ2v) is 4.25. The molecule has 0 spiro atoms. The van der Waals surface area contributed by atoms with Crippen molar-refractivity contribution < 1.29 is 4.74 Å². The Labute approximate surface area is 112 Å². The van der Waals surface area contributed by atoms with Gasteiger partial charge in [-0.05, 0) is 30.2 Å². The standard InChI is InChI=1S/C14H18N4O/c1-19-11-5-2-4-10(8-11)9-13(18-16)12-6-3-7-17-14(12)15/h2-8,13,18H,9,16H2,1H3,(H2,15,17). The van der Waals surface area contributed by atoms with Gasteiger partial charge in [-0.2, -0.15) is 0 Å². The highest BCUT2D eigenvalue weighted by Crippen LogP contribution is 2.23. The average Bonchev–Trinajstić information content (AvgIpc) is 2.46. The number of rotatable bonds is 5. The van der Waals surface area contributed by atoms with Gasteiger partial charge in [-0.3, -0.25) is 11.3 Å². The lowest BCUT2D eigenvalue weighted by Gasteiger charge is -2.17. The van der Waals surface area contributed by atoms with Crippen LogP contribution in [0.3, 0.4) is 0 Å². The first-order chi connectivity index (χ1) is 9.24. The first-order valence-electron chi connectivity index (χ1n) is 6.04. The van der Waals surface area contributed by atoms with Crippen LogP contribution in [0.5, 0.6) is 5.75 Å². The number of nitrogens with zero attached hydrogens (tertiary/aromatic N) is 1. The van der Waals surface area contributed by atoms with Crippen molar-refractivity contribution in [2.75, 3.05) is 12.8 Å². The third-order valence-electron chi connectivity index (χ3n) is 3.02. The molecule has 1 aromatic carbocycles. The van der Waals surface area contributed by atoms with E-state index in [1.807, 2.05) is 36.4 Å². The molecule has 1 aromatic heterocycles. The number of hydrogen-bond acceptors (Lipinski definition) is 5. The predicted octanol–water partition coefficient (Wildman–Crippen LogP) is 1.42. The minimum atomic E-state index is -0.0826. The van der Waals surface area contributed by atoms with E-state index in [0.717, 1.165) is 16.9 Å². The Hall–Kier alpha value is -2.11. The van der Waals surface area contributed by atoms with Crippen LogP contribution in [-0.4, -0.2) is 12.1 Å². The van der Waals surface area contributed by atoms with Crippen molar-refractivity contribution >= 4 is 5.82 Å². The summed E-state index contributed by atoms with van der Waals surface area (Å²) in [5.41, 5.74) is 10.7. The summed E-state index contributed by atoms with van der Waals surface area (Å²) in [7, 11) is 1.65. The Kier molecular flexibility index (Phi) is 4.33. The van der Waals surface area contributed by atoms with Crippen LogP contribution in [0.4, 0.5) is 5.82 Å². The number of nitrogens with one attached hydrogen (secondary N) is 1. The topological polar surface area (TPSA) is 86.2 Å². The van der Waals surface area contributed by atoms with Crippen LogP contribution in [-0.2, 0) is 6.42 Å². The Morgan fingerprint density at radius 2 is 2.16 bits per heavy atom. The normalized spacial score (nSPS) is 12.1. The molecule has 0 aliphatic heterocycles. The van der Waals surface area contributed by atoms with Crippen LogP contribution in [0, 0.1) is 0 Å². The molecule has 0 fully saturated rings. The van der Waals surface area contributed by atoms with Crippen LogP contribution < -0.4 is 21.7 Å². The van der Waals surface area contributed by atoms with Gasteiger partial charge in [0, 0.05) is 11.8 Å². The van der Waals surface area contributed by atoms with Gasteiger partial charge in [0.25, 0.3) is 0 Å². The molecule has 0 saturated carbocycles. The van der Waals surface area contributed by atoms with Crippen LogP contribution in [0.1, 0.15) is 17.2 Å². The Morgan fingerprint density at radius 1 is 1.32 bits per heavy atom. The van der Waals surface area contributed by atoms with Crippen molar-refractivity contribution in [1.29, 1.82) is 0 Å². The molecular formula is C14H18N4O. The van der Waals surface area contributed by atoms with E-state index in [4.69, 9.17) is 16.3 Å². The summed E-state index contributed by atoms with van der Waals surface area (Å²) in [6, 6.07) is 11.6. The number of benzene rings is 1. The zero-order valence-corrected chi connectivity index (χ0v) is 10.8. The van der Waals surface area contributed by atoms with Gasteiger partial charge in [0.05, 0.1) is 13.2 Å². The van der Waals surface area contributed by atoms with Crippen molar-refractivity contribution in [3.63, 3.8) is 0 Å². The minimum absolute atomic E-state index is 0.0826. The lowest BCUT2D eigenvalue weighted by Crippen LogP contribution is -2.30. The summed E-state index contributed by atoms with van der Waals surface area (Å²) in [5, 5.41) is 0. The van der Waals surface area contributed by atoms with Crippen LogP contribution in [0.2, 0.25) is 0 Å². The quantitative estimate of drug-likeness (QED) is 0.558. The molecule has 0 radical (unpaired) electrons. The number of hydrogen-bond donors (Lipinski definition) is 3. The van der Waals surface area contributed by atoms with E-state index < -0.39 is 0 Å². The van der Waals surface area contributed by atoms with E-state index >= 15 is 0 Å². The molecule has 0 aliphatic carbocycles. The fourth-order valence-electron chi connectivity index (χ4n) is 2.02. The number of anilines is 1. The Bertz CT molecular complexity index is 544. The molecule has 5 nitrogen and oxygen atoms in total. The summed E-state index contributed by atoms with van der Waals surface area (Å²) in [5.74, 6) is 6.95. The number of ether oxygens (including phenoxy) is 1. The molecule has 5 heteroatoms. The lowest BCUT2D eigenvalue weighted by atomic mass is 10.00. The van der Waals surface area contributed by atoms with E-state index in [-0.39, 0.29) is 6.04 Å². The first kappa shape index (κ1) is 13.3. The number of methoxy groups -OCH3 is 1. The number of pyridine rings is 1. The highest BCUT2D eigenvalue weighted by molar-refractivity contribution is 5.42. The number of hydrazine groups is 1. The molecule has 0 saturated heterocycles. The maximum atomic E-state index is 5.88. The van der Waals surface area contributed by atoms with Crippen molar-refractivity contribution in [1.82, 2.24) is 10.4 Å². The third-order valence-corrected chi connectivity index (χ3v) is 3.02. The molecule has 2 rings (SSSR count). The Morgan fingerprint density at radius 3 is 2.84 bits per heavy atom. The highest BCUT2D eigenvalue weighted by atomic mass is 16.5. The number of aromatic nitrogens is 1. The predicted molar refractivity (Wildman–Crippen MR) is 75.4 cm³/mol. The molecule has 1 unspecified atom stereocenters. The van der Waals surface area contributed by atoms with E-state index in [1.165, 1.54) is 0 Å². The monoisotopic (exact) mass is 258 g/mol. The number of nitrogens with two attached hydrogens (primary N) is 2.